The lowest BCUT2D eigenvalue weighted by atomic mass is 10.3. The van der Waals surface area contributed by atoms with Gasteiger partial charge in [-0.15, -0.1) is 0 Å². The van der Waals surface area contributed by atoms with E-state index in [1.165, 1.54) is 0 Å². The first-order valence-corrected chi connectivity index (χ1v) is 5.90. The largest absolute Gasteiger partial charge is 0.444 e. The second-order valence-corrected chi connectivity index (χ2v) is 4.47. The Hall–Kier alpha value is -0.810. The molecule has 0 aliphatic rings. The highest BCUT2D eigenvalue weighted by molar-refractivity contribution is 9.10. The minimum atomic E-state index is -0.113. The number of methoxy groups -OCH3 is 1. The molecule has 5 heteroatoms. The Kier molecular flexibility index (Phi) is 5.02. The third-order valence-corrected chi connectivity index (χ3v) is 2.63. The zero-order valence-corrected chi connectivity index (χ0v) is 11.3. The number of furan rings is 1. The van der Waals surface area contributed by atoms with Gasteiger partial charge in [0.2, 0.25) is 0 Å². The smallest absolute Gasteiger partial charge is 0.289 e. The van der Waals surface area contributed by atoms with Gasteiger partial charge in [-0.3, -0.25) is 4.79 Å². The monoisotopic (exact) mass is 289 g/mol. The van der Waals surface area contributed by atoms with Crippen molar-refractivity contribution < 1.29 is 13.9 Å². The molecule has 0 saturated heterocycles. The van der Waals surface area contributed by atoms with E-state index in [-0.39, 0.29) is 11.9 Å². The summed E-state index contributed by atoms with van der Waals surface area (Å²) in [5.41, 5.74) is 0. The molecule has 90 valence electrons. The highest BCUT2D eigenvalue weighted by Gasteiger charge is 2.21. The van der Waals surface area contributed by atoms with E-state index in [0.717, 1.165) is 0 Å². The zero-order valence-electron chi connectivity index (χ0n) is 9.70. The normalized spacial score (nSPS) is 10.8. The van der Waals surface area contributed by atoms with Gasteiger partial charge in [0.05, 0.1) is 6.61 Å². The maximum Gasteiger partial charge on any atom is 0.289 e. The first-order valence-electron chi connectivity index (χ1n) is 5.11. The molecule has 0 radical (unpaired) electrons. The van der Waals surface area contributed by atoms with Gasteiger partial charge in [0, 0.05) is 19.7 Å². The van der Waals surface area contributed by atoms with Crippen LogP contribution in [-0.4, -0.2) is 37.1 Å². The Labute approximate surface area is 104 Å². The van der Waals surface area contributed by atoms with Crippen molar-refractivity contribution in [2.75, 3.05) is 20.3 Å². The highest BCUT2D eigenvalue weighted by Crippen LogP contribution is 2.16. The number of carbonyl (C=O) groups is 1. The van der Waals surface area contributed by atoms with Gasteiger partial charge in [0.25, 0.3) is 5.91 Å². The number of rotatable bonds is 5. The number of hydrogen-bond acceptors (Lipinski definition) is 3. The van der Waals surface area contributed by atoms with Crippen LogP contribution < -0.4 is 0 Å². The van der Waals surface area contributed by atoms with Crippen LogP contribution in [-0.2, 0) is 4.74 Å². The van der Waals surface area contributed by atoms with E-state index < -0.39 is 0 Å². The first-order chi connectivity index (χ1) is 7.56. The molecule has 0 N–H and O–H groups in total. The van der Waals surface area contributed by atoms with Crippen molar-refractivity contribution in [3.05, 3.63) is 22.6 Å². The van der Waals surface area contributed by atoms with E-state index >= 15 is 0 Å². The minimum absolute atomic E-state index is 0.113. The second-order valence-electron chi connectivity index (χ2n) is 3.69. The van der Waals surface area contributed by atoms with Crippen molar-refractivity contribution >= 4 is 21.8 Å². The lowest BCUT2D eigenvalue weighted by Gasteiger charge is -2.25. The van der Waals surface area contributed by atoms with Crippen molar-refractivity contribution in [3.8, 4) is 0 Å². The summed E-state index contributed by atoms with van der Waals surface area (Å²) in [6.07, 6.45) is 0. The molecular formula is C11H16BrNO3. The maximum absolute atomic E-state index is 12.1. The molecule has 1 aromatic rings. The molecule has 16 heavy (non-hydrogen) atoms. The van der Waals surface area contributed by atoms with E-state index in [0.29, 0.717) is 23.6 Å². The second kappa shape index (κ2) is 6.06. The van der Waals surface area contributed by atoms with E-state index in [9.17, 15) is 4.79 Å². The minimum Gasteiger partial charge on any atom is -0.444 e. The molecule has 1 aromatic heterocycles. The van der Waals surface area contributed by atoms with Crippen LogP contribution in [0.5, 0.6) is 0 Å². The molecule has 0 aliphatic carbocycles. The van der Waals surface area contributed by atoms with Gasteiger partial charge in [-0.2, -0.15) is 0 Å². The summed E-state index contributed by atoms with van der Waals surface area (Å²) in [6.45, 7) is 5.01. The predicted octanol–water partition coefficient (Wildman–Crippen LogP) is 2.54. The summed E-state index contributed by atoms with van der Waals surface area (Å²) in [7, 11) is 1.62. The number of halogens is 1. The van der Waals surface area contributed by atoms with Gasteiger partial charge < -0.3 is 14.1 Å². The number of carbonyl (C=O) groups excluding carboxylic acids is 1. The fourth-order valence-corrected chi connectivity index (χ4v) is 1.66. The Morgan fingerprint density at radius 3 is 2.69 bits per heavy atom. The van der Waals surface area contributed by atoms with E-state index in [1.807, 2.05) is 13.8 Å². The molecule has 0 bridgehead atoms. The number of ether oxygens (including phenoxy) is 1. The highest BCUT2D eigenvalue weighted by atomic mass is 79.9. The number of amides is 1. The third kappa shape index (κ3) is 3.35. The van der Waals surface area contributed by atoms with Crippen molar-refractivity contribution in [2.24, 2.45) is 0 Å². The van der Waals surface area contributed by atoms with Gasteiger partial charge in [-0.05, 0) is 41.9 Å². The van der Waals surface area contributed by atoms with Crippen LogP contribution in [0.25, 0.3) is 0 Å². The van der Waals surface area contributed by atoms with Gasteiger partial charge in [-0.1, -0.05) is 0 Å². The Morgan fingerprint density at radius 2 is 2.25 bits per heavy atom. The average molecular weight is 290 g/mol. The van der Waals surface area contributed by atoms with Gasteiger partial charge in [0.15, 0.2) is 10.4 Å². The quantitative estimate of drug-likeness (QED) is 0.837. The molecule has 0 aromatic carbocycles. The molecule has 1 rings (SSSR count). The zero-order chi connectivity index (χ0) is 12.1. The fraction of sp³-hybridized carbons (Fsp3) is 0.545. The van der Waals surface area contributed by atoms with Crippen molar-refractivity contribution in [3.63, 3.8) is 0 Å². The Bertz CT molecular complexity index is 349. The molecule has 0 fully saturated rings. The average Bonchev–Trinajstić information content (AvgIpc) is 2.64. The van der Waals surface area contributed by atoms with Crippen LogP contribution in [0.4, 0.5) is 0 Å². The van der Waals surface area contributed by atoms with Crippen LogP contribution in [0.1, 0.15) is 24.4 Å². The van der Waals surface area contributed by atoms with Crippen LogP contribution >= 0.6 is 15.9 Å². The molecule has 0 saturated carbocycles. The SMILES string of the molecule is COCCN(C(=O)c1ccc(Br)o1)C(C)C. The molecule has 1 heterocycles. The van der Waals surface area contributed by atoms with E-state index in [2.05, 4.69) is 15.9 Å². The summed E-state index contributed by atoms with van der Waals surface area (Å²) < 4.78 is 10.8. The van der Waals surface area contributed by atoms with Crippen LogP contribution in [0.2, 0.25) is 0 Å². The summed E-state index contributed by atoms with van der Waals surface area (Å²) >= 11 is 3.18. The van der Waals surface area contributed by atoms with Crippen LogP contribution in [0, 0.1) is 0 Å². The predicted molar refractivity (Wildman–Crippen MR) is 64.5 cm³/mol. The number of hydrogen-bond donors (Lipinski definition) is 0. The first kappa shape index (κ1) is 13.3. The Balaban J connectivity index is 2.74. The summed E-state index contributed by atoms with van der Waals surface area (Å²) in [5, 5.41) is 0. The van der Waals surface area contributed by atoms with Crippen molar-refractivity contribution in [1.29, 1.82) is 0 Å². The topological polar surface area (TPSA) is 42.7 Å². The van der Waals surface area contributed by atoms with Gasteiger partial charge >= 0.3 is 0 Å². The number of nitrogens with zero attached hydrogens (tertiary/aromatic N) is 1. The van der Waals surface area contributed by atoms with Gasteiger partial charge in [-0.25, -0.2) is 0 Å². The third-order valence-electron chi connectivity index (χ3n) is 2.20. The van der Waals surface area contributed by atoms with E-state index in [4.69, 9.17) is 9.15 Å². The Morgan fingerprint density at radius 1 is 1.56 bits per heavy atom. The fourth-order valence-electron chi connectivity index (χ4n) is 1.35. The lowest BCUT2D eigenvalue weighted by Crippen LogP contribution is -2.39. The summed E-state index contributed by atoms with van der Waals surface area (Å²) in [6, 6.07) is 3.49. The molecule has 0 spiro atoms. The molecule has 0 atom stereocenters. The molecule has 1 amide bonds. The summed E-state index contributed by atoms with van der Waals surface area (Å²) in [4.78, 5) is 13.8. The van der Waals surface area contributed by atoms with Gasteiger partial charge in [0.1, 0.15) is 0 Å². The van der Waals surface area contributed by atoms with E-state index in [1.54, 1.807) is 24.1 Å². The van der Waals surface area contributed by atoms with Crippen molar-refractivity contribution in [1.82, 2.24) is 4.90 Å². The maximum atomic E-state index is 12.1. The molecule has 4 nitrogen and oxygen atoms in total. The lowest BCUT2D eigenvalue weighted by molar-refractivity contribution is 0.0602. The summed E-state index contributed by atoms with van der Waals surface area (Å²) in [5.74, 6) is 0.231. The van der Waals surface area contributed by atoms with Crippen LogP contribution in [0.3, 0.4) is 0 Å². The van der Waals surface area contributed by atoms with Crippen molar-refractivity contribution in [2.45, 2.75) is 19.9 Å². The van der Waals surface area contributed by atoms with Crippen LogP contribution in [0.15, 0.2) is 21.2 Å². The molecular weight excluding hydrogens is 274 g/mol. The molecule has 0 unspecified atom stereocenters. The molecule has 0 aliphatic heterocycles. The standard InChI is InChI=1S/C11H16BrNO3/c1-8(2)13(6-7-15-3)11(14)9-4-5-10(12)16-9/h4-5,8H,6-7H2,1-3H3.